The topological polar surface area (TPSA) is 39.9 Å². The molecular formula is C13H16ClN3O. The molecule has 4 nitrogen and oxygen atoms in total. The van der Waals surface area contributed by atoms with Crippen LogP contribution in [0.5, 0.6) is 0 Å². The summed E-state index contributed by atoms with van der Waals surface area (Å²) < 4.78 is 7.76. The summed E-state index contributed by atoms with van der Waals surface area (Å²) in [5.74, 6) is 1.31. The summed E-state index contributed by atoms with van der Waals surface area (Å²) in [6.45, 7) is 1.77. The first kappa shape index (κ1) is 11.9. The van der Waals surface area contributed by atoms with Crippen molar-refractivity contribution in [2.75, 3.05) is 6.61 Å². The third-order valence-corrected chi connectivity index (χ3v) is 3.64. The first-order chi connectivity index (χ1) is 8.88. The molecular weight excluding hydrogens is 250 g/mol. The van der Waals surface area contributed by atoms with Crippen molar-refractivity contribution in [2.45, 2.75) is 37.8 Å². The van der Waals surface area contributed by atoms with Crippen LogP contribution in [0.3, 0.4) is 0 Å². The maximum atomic E-state index is 5.96. The Morgan fingerprint density at radius 3 is 3.22 bits per heavy atom. The summed E-state index contributed by atoms with van der Waals surface area (Å²) in [6.07, 6.45) is 5.53. The van der Waals surface area contributed by atoms with Gasteiger partial charge in [0.2, 0.25) is 0 Å². The van der Waals surface area contributed by atoms with Gasteiger partial charge in [0.1, 0.15) is 11.3 Å². The first-order valence-electron chi connectivity index (χ1n) is 6.36. The molecule has 2 aromatic heterocycles. The average Bonchev–Trinajstić information content (AvgIpc) is 3.03. The van der Waals surface area contributed by atoms with Gasteiger partial charge in [-0.15, -0.1) is 11.6 Å². The van der Waals surface area contributed by atoms with Crippen LogP contribution in [0.25, 0.3) is 11.2 Å². The van der Waals surface area contributed by atoms with Crippen LogP contribution < -0.4 is 0 Å². The van der Waals surface area contributed by atoms with E-state index >= 15 is 0 Å². The van der Waals surface area contributed by atoms with E-state index in [-0.39, 0.29) is 0 Å². The van der Waals surface area contributed by atoms with Crippen LogP contribution in [0.4, 0.5) is 0 Å². The van der Waals surface area contributed by atoms with Gasteiger partial charge in [0.15, 0.2) is 5.65 Å². The Morgan fingerprint density at radius 2 is 2.44 bits per heavy atom. The highest BCUT2D eigenvalue weighted by Gasteiger charge is 2.17. The van der Waals surface area contributed by atoms with Gasteiger partial charge in [-0.2, -0.15) is 0 Å². The summed E-state index contributed by atoms with van der Waals surface area (Å²) in [6, 6.07) is 3.87. The van der Waals surface area contributed by atoms with E-state index in [1.165, 1.54) is 6.42 Å². The molecule has 1 atom stereocenters. The van der Waals surface area contributed by atoms with Gasteiger partial charge >= 0.3 is 0 Å². The van der Waals surface area contributed by atoms with Crippen molar-refractivity contribution in [1.82, 2.24) is 14.5 Å². The second-order valence-corrected chi connectivity index (χ2v) is 4.85. The van der Waals surface area contributed by atoms with Crippen LogP contribution in [-0.2, 0) is 17.2 Å². The van der Waals surface area contributed by atoms with Gasteiger partial charge in [0.25, 0.3) is 0 Å². The van der Waals surface area contributed by atoms with Crippen molar-refractivity contribution in [1.29, 1.82) is 0 Å². The molecule has 0 radical (unpaired) electrons. The van der Waals surface area contributed by atoms with Gasteiger partial charge < -0.3 is 9.30 Å². The van der Waals surface area contributed by atoms with E-state index in [1.807, 2.05) is 12.1 Å². The van der Waals surface area contributed by atoms with Gasteiger partial charge in [0, 0.05) is 19.3 Å². The van der Waals surface area contributed by atoms with Crippen LogP contribution in [0.2, 0.25) is 0 Å². The Balaban J connectivity index is 1.84. The van der Waals surface area contributed by atoms with Crippen LogP contribution in [0.1, 0.15) is 25.1 Å². The maximum Gasteiger partial charge on any atom is 0.160 e. The summed E-state index contributed by atoms with van der Waals surface area (Å²) >= 11 is 5.96. The number of pyridine rings is 1. The van der Waals surface area contributed by atoms with Crippen molar-refractivity contribution in [3.05, 3.63) is 24.2 Å². The lowest BCUT2D eigenvalue weighted by Gasteiger charge is -2.11. The molecule has 18 heavy (non-hydrogen) atoms. The van der Waals surface area contributed by atoms with Crippen LogP contribution in [-0.4, -0.2) is 27.2 Å². The molecule has 1 aliphatic heterocycles. The second-order valence-electron chi connectivity index (χ2n) is 4.58. The summed E-state index contributed by atoms with van der Waals surface area (Å²) in [5.41, 5.74) is 1.84. The third-order valence-electron chi connectivity index (χ3n) is 3.40. The lowest BCUT2D eigenvalue weighted by Crippen LogP contribution is -2.12. The molecule has 0 bridgehead atoms. The van der Waals surface area contributed by atoms with Crippen LogP contribution in [0.15, 0.2) is 18.3 Å². The highest BCUT2D eigenvalue weighted by molar-refractivity contribution is 6.16. The predicted octanol–water partition coefficient (Wildman–Crippen LogP) is 2.74. The van der Waals surface area contributed by atoms with E-state index in [2.05, 4.69) is 14.5 Å². The summed E-state index contributed by atoms with van der Waals surface area (Å²) in [5, 5.41) is 0. The SMILES string of the molecule is ClCc1nc2cccnc2n1CCC1CCCO1. The van der Waals surface area contributed by atoms with Crippen LogP contribution in [0, 0.1) is 0 Å². The molecule has 1 fully saturated rings. The minimum Gasteiger partial charge on any atom is -0.378 e. The van der Waals surface area contributed by atoms with E-state index in [0.717, 1.165) is 43.0 Å². The fourth-order valence-corrected chi connectivity index (χ4v) is 2.69. The lowest BCUT2D eigenvalue weighted by molar-refractivity contribution is 0.100. The molecule has 5 heteroatoms. The number of hydrogen-bond donors (Lipinski definition) is 0. The van der Waals surface area contributed by atoms with Crippen LogP contribution >= 0.6 is 11.6 Å². The number of halogens is 1. The predicted molar refractivity (Wildman–Crippen MR) is 70.7 cm³/mol. The number of fused-ring (bicyclic) bond motifs is 1. The third kappa shape index (κ3) is 2.22. The molecule has 0 amide bonds. The van der Waals surface area contributed by atoms with Crippen molar-refractivity contribution < 1.29 is 4.74 Å². The Hall–Kier alpha value is -1.13. The fourth-order valence-electron chi connectivity index (χ4n) is 2.49. The Kier molecular flexibility index (Phi) is 3.48. The Bertz CT molecular complexity index is 534. The molecule has 0 aliphatic carbocycles. The monoisotopic (exact) mass is 265 g/mol. The highest BCUT2D eigenvalue weighted by atomic mass is 35.5. The van der Waals surface area contributed by atoms with E-state index in [4.69, 9.17) is 16.3 Å². The second kappa shape index (κ2) is 5.24. The molecule has 96 valence electrons. The standard InChI is InChI=1S/C13H16ClN3O/c14-9-12-16-11-4-1-6-15-13(11)17(12)7-5-10-3-2-8-18-10/h1,4,6,10H,2-3,5,7-9H2. The average molecular weight is 266 g/mol. The normalized spacial score (nSPS) is 19.7. The number of rotatable bonds is 4. The van der Waals surface area contributed by atoms with Gasteiger partial charge in [-0.3, -0.25) is 0 Å². The van der Waals surface area contributed by atoms with Gasteiger partial charge in [0.05, 0.1) is 12.0 Å². The highest BCUT2D eigenvalue weighted by Crippen LogP contribution is 2.20. The number of ether oxygens (including phenoxy) is 1. The fraction of sp³-hybridized carbons (Fsp3) is 0.538. The summed E-state index contributed by atoms with van der Waals surface area (Å²) in [4.78, 5) is 8.90. The van der Waals surface area contributed by atoms with Gasteiger partial charge in [-0.05, 0) is 31.4 Å². The molecule has 2 aromatic rings. The van der Waals surface area contributed by atoms with Crippen molar-refractivity contribution in [2.24, 2.45) is 0 Å². The number of aromatic nitrogens is 3. The molecule has 1 aliphatic rings. The van der Waals surface area contributed by atoms with E-state index < -0.39 is 0 Å². The molecule has 0 saturated carbocycles. The first-order valence-corrected chi connectivity index (χ1v) is 6.89. The number of hydrogen-bond acceptors (Lipinski definition) is 3. The number of nitrogens with zero attached hydrogens (tertiary/aromatic N) is 3. The Morgan fingerprint density at radius 1 is 1.50 bits per heavy atom. The maximum absolute atomic E-state index is 5.96. The largest absolute Gasteiger partial charge is 0.378 e. The van der Waals surface area contributed by atoms with Crippen molar-refractivity contribution in [3.8, 4) is 0 Å². The lowest BCUT2D eigenvalue weighted by atomic mass is 10.2. The van der Waals surface area contributed by atoms with Gasteiger partial charge in [-0.1, -0.05) is 0 Å². The minimum atomic E-state index is 0.384. The van der Waals surface area contributed by atoms with E-state index in [1.54, 1.807) is 6.20 Å². The molecule has 0 spiro atoms. The quantitative estimate of drug-likeness (QED) is 0.798. The van der Waals surface area contributed by atoms with Gasteiger partial charge in [-0.25, -0.2) is 9.97 Å². The zero-order chi connectivity index (χ0) is 12.4. The number of aryl methyl sites for hydroxylation is 1. The number of imidazole rings is 1. The number of alkyl halides is 1. The molecule has 3 heterocycles. The molecule has 0 N–H and O–H groups in total. The Labute approximate surface area is 111 Å². The smallest absolute Gasteiger partial charge is 0.160 e. The minimum absolute atomic E-state index is 0.384. The summed E-state index contributed by atoms with van der Waals surface area (Å²) in [7, 11) is 0. The molecule has 3 rings (SSSR count). The molecule has 1 unspecified atom stereocenters. The zero-order valence-electron chi connectivity index (χ0n) is 10.2. The molecule has 1 saturated heterocycles. The van der Waals surface area contributed by atoms with E-state index in [0.29, 0.717) is 12.0 Å². The molecule has 0 aromatic carbocycles. The zero-order valence-corrected chi connectivity index (χ0v) is 10.9. The van der Waals surface area contributed by atoms with Crippen molar-refractivity contribution in [3.63, 3.8) is 0 Å². The van der Waals surface area contributed by atoms with E-state index in [9.17, 15) is 0 Å². The van der Waals surface area contributed by atoms with Crippen molar-refractivity contribution >= 4 is 22.8 Å².